The maximum absolute atomic E-state index is 3.73. The minimum Gasteiger partial charge on any atom is -0.0991 e. The van der Waals surface area contributed by atoms with E-state index in [0.717, 1.165) is 6.42 Å². The predicted molar refractivity (Wildman–Crippen MR) is 110 cm³/mol. The van der Waals surface area contributed by atoms with Crippen molar-refractivity contribution < 1.29 is 0 Å². The van der Waals surface area contributed by atoms with Crippen LogP contribution >= 0.6 is 0 Å². The average Bonchev–Trinajstić information content (AvgIpc) is 2.65. The smallest absolute Gasteiger partial charge is 0.00941 e. The Labute approximate surface area is 151 Å². The Morgan fingerprint density at radius 3 is 2.16 bits per heavy atom. The van der Waals surface area contributed by atoms with E-state index >= 15 is 0 Å². The van der Waals surface area contributed by atoms with E-state index in [9.17, 15) is 0 Å². The van der Waals surface area contributed by atoms with Gasteiger partial charge in [0.05, 0.1) is 0 Å². The summed E-state index contributed by atoms with van der Waals surface area (Å²) in [6.07, 6.45) is 6.90. The first-order chi connectivity index (χ1) is 12.2. The molecule has 3 aromatic carbocycles. The van der Waals surface area contributed by atoms with E-state index in [0.29, 0.717) is 0 Å². The fourth-order valence-corrected chi connectivity index (χ4v) is 3.11. The Hall–Kier alpha value is -2.86. The zero-order valence-corrected chi connectivity index (χ0v) is 15.0. The van der Waals surface area contributed by atoms with E-state index < -0.39 is 0 Å². The lowest BCUT2D eigenvalue weighted by Crippen LogP contribution is -1.91. The van der Waals surface area contributed by atoms with Gasteiger partial charge in [-0.1, -0.05) is 85.5 Å². The fourth-order valence-electron chi connectivity index (χ4n) is 3.11. The number of hydrogen-bond acceptors (Lipinski definition) is 0. The standard InChI is InChI=1S/C25H24/c1-4-5-7-10-21-15-13-19(2)24(17-21)25-18-23(16-14-20(25)3)22-11-8-6-9-12-22/h4-9,11-18H,1,10H2,2-3H3/b7-5-. The lowest BCUT2D eigenvalue weighted by molar-refractivity contribution is 1.25. The zero-order chi connectivity index (χ0) is 17.6. The second-order valence-electron chi connectivity index (χ2n) is 6.41. The van der Waals surface area contributed by atoms with Crippen LogP contribution in [0.15, 0.2) is 91.5 Å². The molecule has 0 aromatic heterocycles. The predicted octanol–water partition coefficient (Wildman–Crippen LogP) is 6.92. The topological polar surface area (TPSA) is 0 Å². The molecular formula is C25H24. The van der Waals surface area contributed by atoms with Crippen LogP contribution in [0.25, 0.3) is 22.3 Å². The highest BCUT2D eigenvalue weighted by Gasteiger charge is 2.08. The molecule has 0 spiro atoms. The number of benzene rings is 3. The quantitative estimate of drug-likeness (QED) is 0.447. The molecule has 0 heterocycles. The van der Waals surface area contributed by atoms with Crippen LogP contribution in [0.5, 0.6) is 0 Å². The van der Waals surface area contributed by atoms with Gasteiger partial charge in [0.2, 0.25) is 0 Å². The van der Waals surface area contributed by atoms with Crippen LogP contribution in [0.3, 0.4) is 0 Å². The van der Waals surface area contributed by atoms with Gasteiger partial charge in [-0.15, -0.1) is 0 Å². The molecule has 0 bridgehead atoms. The van der Waals surface area contributed by atoms with E-state index in [1.54, 1.807) is 0 Å². The largest absolute Gasteiger partial charge is 0.0991 e. The molecule has 0 N–H and O–H groups in total. The SMILES string of the molecule is C=C/C=C\Cc1ccc(C)c(-c2cc(-c3ccccc3)ccc2C)c1. The molecule has 0 atom stereocenters. The third-order valence-corrected chi connectivity index (χ3v) is 4.56. The van der Waals surface area contributed by atoms with Crippen molar-refractivity contribution in [3.05, 3.63) is 108 Å². The molecule has 0 nitrogen and oxygen atoms in total. The van der Waals surface area contributed by atoms with Crippen molar-refractivity contribution in [3.63, 3.8) is 0 Å². The van der Waals surface area contributed by atoms with Crippen molar-refractivity contribution in [2.75, 3.05) is 0 Å². The molecule has 0 amide bonds. The van der Waals surface area contributed by atoms with E-state index in [2.05, 4.69) is 93.2 Å². The summed E-state index contributed by atoms with van der Waals surface area (Å²) in [5.74, 6) is 0. The summed E-state index contributed by atoms with van der Waals surface area (Å²) in [7, 11) is 0. The minimum atomic E-state index is 0.927. The Bertz CT molecular complexity index is 899. The van der Waals surface area contributed by atoms with Crippen LogP contribution in [0, 0.1) is 13.8 Å². The van der Waals surface area contributed by atoms with Gasteiger partial charge in [-0.25, -0.2) is 0 Å². The molecule has 0 radical (unpaired) electrons. The first-order valence-electron chi connectivity index (χ1n) is 8.72. The van der Waals surface area contributed by atoms with Crippen molar-refractivity contribution in [2.24, 2.45) is 0 Å². The molecule has 0 saturated carbocycles. The molecule has 3 rings (SSSR count). The van der Waals surface area contributed by atoms with Crippen LogP contribution in [0.2, 0.25) is 0 Å². The van der Waals surface area contributed by atoms with Gasteiger partial charge in [-0.05, 0) is 65.3 Å². The normalized spacial score (nSPS) is 11.0. The Morgan fingerprint density at radius 1 is 0.760 bits per heavy atom. The van der Waals surface area contributed by atoms with E-state index in [4.69, 9.17) is 0 Å². The van der Waals surface area contributed by atoms with Gasteiger partial charge in [-0.3, -0.25) is 0 Å². The molecule has 0 aliphatic rings. The third kappa shape index (κ3) is 3.97. The summed E-state index contributed by atoms with van der Waals surface area (Å²) in [6, 6.07) is 24.1. The number of hydrogen-bond donors (Lipinski definition) is 0. The van der Waals surface area contributed by atoms with Gasteiger partial charge >= 0.3 is 0 Å². The Balaban J connectivity index is 2.05. The lowest BCUT2D eigenvalue weighted by atomic mass is 9.91. The summed E-state index contributed by atoms with van der Waals surface area (Å²) < 4.78 is 0. The average molecular weight is 324 g/mol. The zero-order valence-electron chi connectivity index (χ0n) is 15.0. The number of allylic oxidation sites excluding steroid dienone is 3. The van der Waals surface area contributed by atoms with Crippen molar-refractivity contribution >= 4 is 0 Å². The highest BCUT2D eigenvalue weighted by atomic mass is 14.1. The molecule has 3 aromatic rings. The second-order valence-corrected chi connectivity index (χ2v) is 6.41. The molecule has 0 unspecified atom stereocenters. The van der Waals surface area contributed by atoms with Crippen LogP contribution in [0.1, 0.15) is 16.7 Å². The second kappa shape index (κ2) is 7.81. The van der Waals surface area contributed by atoms with Gasteiger partial charge in [0.1, 0.15) is 0 Å². The maximum Gasteiger partial charge on any atom is -0.00941 e. The van der Waals surface area contributed by atoms with Crippen LogP contribution in [-0.4, -0.2) is 0 Å². The van der Waals surface area contributed by atoms with Crippen LogP contribution < -0.4 is 0 Å². The fraction of sp³-hybridized carbons (Fsp3) is 0.120. The number of aryl methyl sites for hydroxylation is 2. The Kier molecular flexibility index (Phi) is 5.30. The highest BCUT2D eigenvalue weighted by molar-refractivity contribution is 5.77. The monoisotopic (exact) mass is 324 g/mol. The van der Waals surface area contributed by atoms with Crippen molar-refractivity contribution in [1.82, 2.24) is 0 Å². The lowest BCUT2D eigenvalue weighted by Gasteiger charge is -2.13. The number of rotatable bonds is 5. The summed E-state index contributed by atoms with van der Waals surface area (Å²) in [5.41, 5.74) is 9.09. The first-order valence-corrected chi connectivity index (χ1v) is 8.72. The summed E-state index contributed by atoms with van der Waals surface area (Å²) in [5, 5.41) is 0. The van der Waals surface area contributed by atoms with Crippen LogP contribution in [-0.2, 0) is 6.42 Å². The molecule has 0 fully saturated rings. The summed E-state index contributed by atoms with van der Waals surface area (Å²) in [6.45, 7) is 8.11. The first kappa shape index (κ1) is 17.0. The van der Waals surface area contributed by atoms with E-state index in [1.165, 1.54) is 38.9 Å². The Morgan fingerprint density at radius 2 is 1.44 bits per heavy atom. The van der Waals surface area contributed by atoms with Gasteiger partial charge in [0.15, 0.2) is 0 Å². The van der Waals surface area contributed by atoms with Gasteiger partial charge in [0, 0.05) is 0 Å². The molecular weight excluding hydrogens is 300 g/mol. The molecule has 0 saturated heterocycles. The van der Waals surface area contributed by atoms with Crippen molar-refractivity contribution in [3.8, 4) is 22.3 Å². The molecule has 0 heteroatoms. The van der Waals surface area contributed by atoms with Crippen molar-refractivity contribution in [1.29, 1.82) is 0 Å². The van der Waals surface area contributed by atoms with Crippen LogP contribution in [0.4, 0.5) is 0 Å². The minimum absolute atomic E-state index is 0.927. The van der Waals surface area contributed by atoms with Gasteiger partial charge in [0.25, 0.3) is 0 Å². The molecule has 25 heavy (non-hydrogen) atoms. The third-order valence-electron chi connectivity index (χ3n) is 4.56. The molecule has 0 aliphatic heterocycles. The summed E-state index contributed by atoms with van der Waals surface area (Å²) >= 11 is 0. The summed E-state index contributed by atoms with van der Waals surface area (Å²) in [4.78, 5) is 0. The van der Waals surface area contributed by atoms with E-state index in [-0.39, 0.29) is 0 Å². The highest BCUT2D eigenvalue weighted by Crippen LogP contribution is 2.32. The van der Waals surface area contributed by atoms with Gasteiger partial charge in [-0.2, -0.15) is 0 Å². The van der Waals surface area contributed by atoms with Crippen molar-refractivity contribution in [2.45, 2.75) is 20.3 Å². The van der Waals surface area contributed by atoms with Gasteiger partial charge < -0.3 is 0 Å². The molecule has 0 aliphatic carbocycles. The molecule has 124 valence electrons. The van der Waals surface area contributed by atoms with E-state index in [1.807, 2.05) is 12.2 Å². The maximum atomic E-state index is 3.73.